The first kappa shape index (κ1) is 16.4. The lowest BCUT2D eigenvalue weighted by Crippen LogP contribution is -2.39. The second-order valence-corrected chi connectivity index (χ2v) is 6.79. The van der Waals surface area contributed by atoms with Crippen molar-refractivity contribution < 1.29 is 9.84 Å². The molecule has 3 unspecified atom stereocenters. The first-order valence-corrected chi connectivity index (χ1v) is 8.53. The lowest BCUT2D eigenvalue weighted by Gasteiger charge is -2.35. The molecule has 1 saturated carbocycles. The van der Waals surface area contributed by atoms with Crippen LogP contribution in [-0.2, 0) is 6.42 Å². The molecule has 0 heterocycles. The van der Waals surface area contributed by atoms with Crippen LogP contribution < -0.4 is 4.74 Å². The first-order chi connectivity index (χ1) is 10.1. The average Bonchev–Trinajstić information content (AvgIpc) is 2.48. The van der Waals surface area contributed by atoms with Crippen molar-refractivity contribution in [3.8, 4) is 5.75 Å². The third kappa shape index (κ3) is 4.74. The van der Waals surface area contributed by atoms with Gasteiger partial charge in [-0.2, -0.15) is 0 Å². The Bertz CT molecular complexity index is 410. The fourth-order valence-corrected chi connectivity index (χ4v) is 3.17. The van der Waals surface area contributed by atoms with Gasteiger partial charge in [0.2, 0.25) is 0 Å². The lowest BCUT2D eigenvalue weighted by atomic mass is 9.79. The molecule has 2 heteroatoms. The fraction of sp³-hybridized carbons (Fsp3) is 0.684. The van der Waals surface area contributed by atoms with Crippen LogP contribution in [0, 0.1) is 11.8 Å². The minimum Gasteiger partial charge on any atom is -0.488 e. The number of aliphatic hydroxyl groups excluding tert-OH is 1. The van der Waals surface area contributed by atoms with Gasteiger partial charge in [-0.15, -0.1) is 0 Å². The number of unbranched alkanes of at least 4 members (excludes halogenated alkanes) is 1. The maximum Gasteiger partial charge on any atom is 0.125 e. The fourth-order valence-electron chi connectivity index (χ4n) is 3.17. The molecule has 0 radical (unpaired) electrons. The lowest BCUT2D eigenvalue weighted by molar-refractivity contribution is -0.0176. The maximum atomic E-state index is 10.2. The van der Waals surface area contributed by atoms with Gasteiger partial charge < -0.3 is 9.84 Å². The van der Waals surface area contributed by atoms with E-state index in [1.165, 1.54) is 18.4 Å². The summed E-state index contributed by atoms with van der Waals surface area (Å²) in [6, 6.07) is 8.41. The van der Waals surface area contributed by atoms with Gasteiger partial charge in [0.1, 0.15) is 11.9 Å². The summed E-state index contributed by atoms with van der Waals surface area (Å²) in [6.07, 6.45) is 6.18. The molecule has 118 valence electrons. The SMILES string of the molecule is CCCCc1ccc(OC2CC(C(C)C)CCC2O)cc1. The van der Waals surface area contributed by atoms with Crippen LogP contribution in [0.25, 0.3) is 0 Å². The summed E-state index contributed by atoms with van der Waals surface area (Å²) in [7, 11) is 0. The third-order valence-electron chi connectivity index (χ3n) is 4.77. The molecule has 1 aromatic carbocycles. The molecule has 1 aromatic rings. The van der Waals surface area contributed by atoms with Gasteiger partial charge in [0, 0.05) is 0 Å². The predicted molar refractivity (Wildman–Crippen MR) is 87.7 cm³/mol. The van der Waals surface area contributed by atoms with Gasteiger partial charge in [-0.1, -0.05) is 39.3 Å². The van der Waals surface area contributed by atoms with E-state index in [9.17, 15) is 5.11 Å². The molecule has 2 rings (SSSR count). The normalized spacial score (nSPS) is 26.0. The van der Waals surface area contributed by atoms with Crippen LogP contribution in [0.1, 0.15) is 58.4 Å². The minimum atomic E-state index is -0.320. The maximum absolute atomic E-state index is 10.2. The van der Waals surface area contributed by atoms with Crippen molar-refractivity contribution in [3.05, 3.63) is 29.8 Å². The van der Waals surface area contributed by atoms with Crippen molar-refractivity contribution in [2.45, 2.75) is 71.5 Å². The Hall–Kier alpha value is -1.02. The zero-order valence-electron chi connectivity index (χ0n) is 13.7. The molecule has 0 aromatic heterocycles. The monoisotopic (exact) mass is 290 g/mol. The molecule has 2 nitrogen and oxygen atoms in total. The molecule has 1 aliphatic rings. The number of hydrogen-bond acceptors (Lipinski definition) is 2. The number of hydrogen-bond donors (Lipinski definition) is 1. The molecule has 0 saturated heterocycles. The highest BCUT2D eigenvalue weighted by Gasteiger charge is 2.32. The number of benzene rings is 1. The molecule has 21 heavy (non-hydrogen) atoms. The van der Waals surface area contributed by atoms with E-state index in [0.717, 1.165) is 31.4 Å². The van der Waals surface area contributed by atoms with Crippen molar-refractivity contribution >= 4 is 0 Å². The molecule has 1 N–H and O–H groups in total. The van der Waals surface area contributed by atoms with Gasteiger partial charge in [-0.25, -0.2) is 0 Å². The molecule has 0 bridgehead atoms. The molecule has 3 atom stereocenters. The third-order valence-corrected chi connectivity index (χ3v) is 4.77. The number of aliphatic hydroxyl groups is 1. The molecule has 0 amide bonds. The number of ether oxygens (including phenoxy) is 1. The molecular weight excluding hydrogens is 260 g/mol. The van der Waals surface area contributed by atoms with Crippen molar-refractivity contribution in [3.63, 3.8) is 0 Å². The largest absolute Gasteiger partial charge is 0.488 e. The van der Waals surface area contributed by atoms with Gasteiger partial charge in [0.05, 0.1) is 6.10 Å². The summed E-state index contributed by atoms with van der Waals surface area (Å²) in [5, 5.41) is 10.2. The van der Waals surface area contributed by atoms with E-state index in [2.05, 4.69) is 45.0 Å². The highest BCUT2D eigenvalue weighted by atomic mass is 16.5. The zero-order chi connectivity index (χ0) is 15.2. The zero-order valence-corrected chi connectivity index (χ0v) is 13.7. The van der Waals surface area contributed by atoms with Crippen LogP contribution in [0.15, 0.2) is 24.3 Å². The van der Waals surface area contributed by atoms with Gasteiger partial charge >= 0.3 is 0 Å². The van der Waals surface area contributed by atoms with Crippen molar-refractivity contribution in [1.29, 1.82) is 0 Å². The summed E-state index contributed by atoms with van der Waals surface area (Å²) in [5.41, 5.74) is 1.37. The van der Waals surface area contributed by atoms with E-state index in [-0.39, 0.29) is 12.2 Å². The van der Waals surface area contributed by atoms with Crippen molar-refractivity contribution in [1.82, 2.24) is 0 Å². The van der Waals surface area contributed by atoms with Gasteiger partial charge in [-0.3, -0.25) is 0 Å². The summed E-state index contributed by atoms with van der Waals surface area (Å²) >= 11 is 0. The van der Waals surface area contributed by atoms with E-state index in [1.54, 1.807) is 0 Å². The van der Waals surface area contributed by atoms with Crippen LogP contribution in [-0.4, -0.2) is 17.3 Å². The summed E-state index contributed by atoms with van der Waals surface area (Å²) < 4.78 is 6.06. The second kappa shape index (κ2) is 7.84. The Morgan fingerprint density at radius 1 is 1.19 bits per heavy atom. The van der Waals surface area contributed by atoms with Crippen molar-refractivity contribution in [2.24, 2.45) is 11.8 Å². The molecule has 1 fully saturated rings. The number of rotatable bonds is 6. The van der Waals surface area contributed by atoms with E-state index >= 15 is 0 Å². The first-order valence-electron chi connectivity index (χ1n) is 8.53. The molecule has 0 aliphatic heterocycles. The average molecular weight is 290 g/mol. The molecule has 1 aliphatic carbocycles. The highest BCUT2D eigenvalue weighted by Crippen LogP contribution is 2.32. The summed E-state index contributed by atoms with van der Waals surface area (Å²) in [6.45, 7) is 6.75. The van der Waals surface area contributed by atoms with E-state index < -0.39 is 0 Å². The summed E-state index contributed by atoms with van der Waals surface area (Å²) in [5.74, 6) is 2.23. The smallest absolute Gasteiger partial charge is 0.125 e. The Labute approximate surface area is 129 Å². The topological polar surface area (TPSA) is 29.5 Å². The summed E-state index contributed by atoms with van der Waals surface area (Å²) in [4.78, 5) is 0. The Balaban J connectivity index is 1.93. The van der Waals surface area contributed by atoms with E-state index in [0.29, 0.717) is 11.8 Å². The quantitative estimate of drug-likeness (QED) is 0.830. The number of aryl methyl sites for hydroxylation is 1. The van der Waals surface area contributed by atoms with Crippen LogP contribution in [0.4, 0.5) is 0 Å². The van der Waals surface area contributed by atoms with Crippen LogP contribution >= 0.6 is 0 Å². The van der Waals surface area contributed by atoms with Gasteiger partial charge in [-0.05, 0) is 61.6 Å². The van der Waals surface area contributed by atoms with Gasteiger partial charge in [0.25, 0.3) is 0 Å². The van der Waals surface area contributed by atoms with Crippen molar-refractivity contribution in [2.75, 3.05) is 0 Å². The molecular formula is C19H30O2. The highest BCUT2D eigenvalue weighted by molar-refractivity contribution is 5.27. The Morgan fingerprint density at radius 2 is 1.90 bits per heavy atom. The predicted octanol–water partition coefficient (Wildman–Crippen LogP) is 4.59. The minimum absolute atomic E-state index is 0.0485. The van der Waals surface area contributed by atoms with Crippen LogP contribution in [0.5, 0.6) is 5.75 Å². The van der Waals surface area contributed by atoms with Crippen LogP contribution in [0.3, 0.4) is 0 Å². The van der Waals surface area contributed by atoms with E-state index in [4.69, 9.17) is 4.74 Å². The van der Waals surface area contributed by atoms with E-state index in [1.807, 2.05) is 0 Å². The standard InChI is InChI=1S/C19H30O2/c1-4-5-6-15-7-10-17(11-8-15)21-19-13-16(14(2)3)9-12-18(19)20/h7-8,10-11,14,16,18-20H,4-6,9,12-13H2,1-3H3. The van der Waals surface area contributed by atoms with Gasteiger partial charge in [0.15, 0.2) is 0 Å². The Kier molecular flexibility index (Phi) is 6.10. The molecule has 0 spiro atoms. The van der Waals surface area contributed by atoms with Crippen LogP contribution in [0.2, 0.25) is 0 Å². The Morgan fingerprint density at radius 3 is 2.52 bits per heavy atom. The second-order valence-electron chi connectivity index (χ2n) is 6.79.